The molecule has 0 aromatic heterocycles. The van der Waals surface area contributed by atoms with Crippen LogP contribution in [0.15, 0.2) is 12.1 Å². The first-order chi connectivity index (χ1) is 5.65. The van der Waals surface area contributed by atoms with E-state index in [4.69, 9.17) is 5.11 Å². The molecule has 0 saturated heterocycles. The molecule has 1 aromatic carbocycles. The van der Waals surface area contributed by atoms with Crippen LogP contribution in [-0.2, 0) is 6.42 Å². The van der Waals surface area contributed by atoms with Gasteiger partial charge in [-0.15, -0.1) is 0 Å². The van der Waals surface area contributed by atoms with Gasteiger partial charge in [0.15, 0.2) is 0 Å². The van der Waals surface area contributed by atoms with E-state index < -0.39 is 0 Å². The van der Waals surface area contributed by atoms with Gasteiger partial charge in [-0.3, -0.25) is 0 Å². The Morgan fingerprint density at radius 2 is 1.58 bits per heavy atom. The second-order valence-electron chi connectivity index (χ2n) is 3.35. The van der Waals surface area contributed by atoms with E-state index in [1.165, 1.54) is 22.3 Å². The van der Waals surface area contributed by atoms with E-state index >= 15 is 0 Å². The van der Waals surface area contributed by atoms with Crippen LogP contribution in [0.1, 0.15) is 22.3 Å². The Balaban J connectivity index is 3.10. The van der Waals surface area contributed by atoms with Gasteiger partial charge in [-0.05, 0) is 43.9 Å². The quantitative estimate of drug-likeness (QED) is 0.710. The summed E-state index contributed by atoms with van der Waals surface area (Å²) in [5, 5.41) is 8.84. The summed E-state index contributed by atoms with van der Waals surface area (Å²) in [4.78, 5) is 0. The van der Waals surface area contributed by atoms with E-state index in [-0.39, 0.29) is 6.61 Å². The lowest BCUT2D eigenvalue weighted by molar-refractivity contribution is 0.299. The molecule has 1 heteroatoms. The Morgan fingerprint density at radius 1 is 1.08 bits per heavy atom. The Labute approximate surface area is 74.1 Å². The molecule has 0 heterocycles. The van der Waals surface area contributed by atoms with Gasteiger partial charge >= 0.3 is 0 Å². The van der Waals surface area contributed by atoms with Gasteiger partial charge in [0.2, 0.25) is 0 Å². The molecule has 0 aliphatic heterocycles. The molecule has 0 bridgehead atoms. The predicted octanol–water partition coefficient (Wildman–Crippen LogP) is 2.15. The zero-order valence-electron chi connectivity index (χ0n) is 8.02. The van der Waals surface area contributed by atoms with Gasteiger partial charge in [-0.2, -0.15) is 0 Å². The molecule has 1 N–H and O–H groups in total. The smallest absolute Gasteiger partial charge is 0.0471 e. The molecule has 0 unspecified atom stereocenters. The van der Waals surface area contributed by atoms with Gasteiger partial charge in [0.1, 0.15) is 0 Å². The molecular formula is C11H16O. The highest BCUT2D eigenvalue weighted by molar-refractivity contribution is 5.37. The van der Waals surface area contributed by atoms with Crippen LogP contribution in [-0.4, -0.2) is 11.7 Å². The van der Waals surface area contributed by atoms with Crippen LogP contribution in [0.4, 0.5) is 0 Å². The monoisotopic (exact) mass is 164 g/mol. The van der Waals surface area contributed by atoms with Crippen LogP contribution in [0.3, 0.4) is 0 Å². The molecule has 1 aromatic rings. The first-order valence-electron chi connectivity index (χ1n) is 4.32. The molecular weight excluding hydrogens is 148 g/mol. The second-order valence-corrected chi connectivity index (χ2v) is 3.35. The number of hydrogen-bond donors (Lipinski definition) is 1. The second kappa shape index (κ2) is 3.72. The predicted molar refractivity (Wildman–Crippen MR) is 51.4 cm³/mol. The highest BCUT2D eigenvalue weighted by atomic mass is 16.2. The van der Waals surface area contributed by atoms with Gasteiger partial charge in [0, 0.05) is 6.61 Å². The van der Waals surface area contributed by atoms with E-state index in [1.54, 1.807) is 0 Å². The third-order valence-electron chi connectivity index (χ3n) is 2.20. The van der Waals surface area contributed by atoms with E-state index in [9.17, 15) is 0 Å². The van der Waals surface area contributed by atoms with Crippen LogP contribution in [0.25, 0.3) is 0 Å². The summed E-state index contributed by atoms with van der Waals surface area (Å²) < 4.78 is 0. The number of aryl methyl sites for hydroxylation is 3. The van der Waals surface area contributed by atoms with Crippen LogP contribution in [0, 0.1) is 20.8 Å². The molecule has 0 saturated carbocycles. The SMILES string of the molecule is Cc1cc(C)c(CCO)c(C)c1. The third kappa shape index (κ3) is 1.86. The van der Waals surface area contributed by atoms with Crippen LogP contribution in [0.5, 0.6) is 0 Å². The Bertz CT molecular complexity index is 253. The molecule has 1 nitrogen and oxygen atoms in total. The van der Waals surface area contributed by atoms with Crippen molar-refractivity contribution in [3.05, 3.63) is 34.4 Å². The minimum absolute atomic E-state index is 0.241. The highest BCUT2D eigenvalue weighted by Crippen LogP contribution is 2.16. The summed E-state index contributed by atoms with van der Waals surface area (Å²) in [5.74, 6) is 0. The molecule has 0 radical (unpaired) electrons. The minimum Gasteiger partial charge on any atom is -0.396 e. The molecule has 0 aliphatic rings. The summed E-state index contributed by atoms with van der Waals surface area (Å²) in [7, 11) is 0. The zero-order chi connectivity index (χ0) is 9.14. The van der Waals surface area contributed by atoms with Crippen LogP contribution < -0.4 is 0 Å². The lowest BCUT2D eigenvalue weighted by atomic mass is 9.98. The Morgan fingerprint density at radius 3 is 2.00 bits per heavy atom. The molecule has 66 valence electrons. The van der Waals surface area contributed by atoms with Crippen molar-refractivity contribution in [2.24, 2.45) is 0 Å². The molecule has 0 spiro atoms. The van der Waals surface area contributed by atoms with Gasteiger partial charge in [0.25, 0.3) is 0 Å². The average molecular weight is 164 g/mol. The molecule has 0 aliphatic carbocycles. The minimum atomic E-state index is 0.241. The molecule has 0 fully saturated rings. The maximum absolute atomic E-state index is 8.84. The standard InChI is InChI=1S/C11H16O/c1-8-6-9(2)11(4-5-12)10(3)7-8/h6-7,12H,4-5H2,1-3H3. The Kier molecular flexibility index (Phi) is 2.88. The fraction of sp³-hybridized carbons (Fsp3) is 0.455. The fourth-order valence-electron chi connectivity index (χ4n) is 1.72. The lowest BCUT2D eigenvalue weighted by Gasteiger charge is -2.09. The van der Waals surface area contributed by atoms with Gasteiger partial charge in [-0.1, -0.05) is 17.7 Å². The first-order valence-corrected chi connectivity index (χ1v) is 4.32. The first kappa shape index (κ1) is 9.27. The van der Waals surface area contributed by atoms with E-state index in [2.05, 4.69) is 32.9 Å². The van der Waals surface area contributed by atoms with Crippen molar-refractivity contribution in [1.29, 1.82) is 0 Å². The highest BCUT2D eigenvalue weighted by Gasteiger charge is 2.01. The lowest BCUT2D eigenvalue weighted by Crippen LogP contribution is -1.98. The normalized spacial score (nSPS) is 10.3. The topological polar surface area (TPSA) is 20.2 Å². The maximum Gasteiger partial charge on any atom is 0.0471 e. The summed E-state index contributed by atoms with van der Waals surface area (Å²) in [6.45, 7) is 6.55. The fourth-order valence-corrected chi connectivity index (χ4v) is 1.72. The number of rotatable bonds is 2. The van der Waals surface area contributed by atoms with E-state index in [0.717, 1.165) is 6.42 Å². The summed E-state index contributed by atoms with van der Waals surface area (Å²) in [5.41, 5.74) is 5.18. The van der Waals surface area contributed by atoms with Crippen molar-refractivity contribution in [3.8, 4) is 0 Å². The molecule has 1 rings (SSSR count). The van der Waals surface area contributed by atoms with Crippen molar-refractivity contribution >= 4 is 0 Å². The number of benzene rings is 1. The molecule has 12 heavy (non-hydrogen) atoms. The summed E-state index contributed by atoms with van der Waals surface area (Å²) >= 11 is 0. The van der Waals surface area contributed by atoms with Crippen molar-refractivity contribution in [2.75, 3.05) is 6.61 Å². The zero-order valence-corrected chi connectivity index (χ0v) is 8.02. The van der Waals surface area contributed by atoms with Crippen molar-refractivity contribution in [1.82, 2.24) is 0 Å². The van der Waals surface area contributed by atoms with Crippen molar-refractivity contribution < 1.29 is 5.11 Å². The average Bonchev–Trinajstić information content (AvgIpc) is 1.96. The largest absolute Gasteiger partial charge is 0.396 e. The van der Waals surface area contributed by atoms with Crippen molar-refractivity contribution in [3.63, 3.8) is 0 Å². The van der Waals surface area contributed by atoms with Crippen molar-refractivity contribution in [2.45, 2.75) is 27.2 Å². The molecule has 0 amide bonds. The number of hydrogen-bond acceptors (Lipinski definition) is 1. The van der Waals surface area contributed by atoms with E-state index in [0.29, 0.717) is 0 Å². The summed E-state index contributed by atoms with van der Waals surface area (Å²) in [6.07, 6.45) is 0.776. The maximum atomic E-state index is 8.84. The van der Waals surface area contributed by atoms with Crippen LogP contribution in [0.2, 0.25) is 0 Å². The van der Waals surface area contributed by atoms with Gasteiger partial charge in [-0.25, -0.2) is 0 Å². The van der Waals surface area contributed by atoms with Gasteiger partial charge < -0.3 is 5.11 Å². The third-order valence-corrected chi connectivity index (χ3v) is 2.20. The number of aliphatic hydroxyl groups is 1. The van der Waals surface area contributed by atoms with E-state index in [1.807, 2.05) is 0 Å². The summed E-state index contributed by atoms with van der Waals surface area (Å²) in [6, 6.07) is 4.33. The Hall–Kier alpha value is -0.820. The van der Waals surface area contributed by atoms with Gasteiger partial charge in [0.05, 0.1) is 0 Å². The van der Waals surface area contributed by atoms with Crippen LogP contribution >= 0.6 is 0 Å². The molecule has 0 atom stereocenters. The number of aliphatic hydroxyl groups excluding tert-OH is 1.